The minimum atomic E-state index is 0.199. The summed E-state index contributed by atoms with van der Waals surface area (Å²) in [6.07, 6.45) is 1.10. The van der Waals surface area contributed by atoms with Crippen LogP contribution in [0.4, 0.5) is 5.95 Å². The maximum absolute atomic E-state index is 6.09. The number of nitrogen functional groups attached to an aromatic ring is 1. The van der Waals surface area contributed by atoms with Gasteiger partial charge in [-0.05, 0) is 40.3 Å². The molecular formula is C15H23N5O. The molecule has 6 nitrogen and oxygen atoms in total. The van der Waals surface area contributed by atoms with Crippen LogP contribution in [0.1, 0.15) is 5.56 Å². The number of nitrogens with two attached hydrogens (primary N) is 1. The van der Waals surface area contributed by atoms with Crippen molar-refractivity contribution in [2.24, 2.45) is 0 Å². The van der Waals surface area contributed by atoms with Gasteiger partial charge in [0.1, 0.15) is 11.9 Å². The Morgan fingerprint density at radius 1 is 1.29 bits per heavy atom. The SMILES string of the molecule is CN(C)CC1Cc2c(ccc3nc(N)n(CN(C)C)c23)O1. The highest BCUT2D eigenvalue weighted by atomic mass is 16.5. The molecule has 0 fully saturated rings. The average molecular weight is 289 g/mol. The molecule has 3 rings (SSSR count). The molecule has 0 radical (unpaired) electrons. The number of anilines is 1. The Kier molecular flexibility index (Phi) is 3.51. The lowest BCUT2D eigenvalue weighted by atomic mass is 10.1. The van der Waals surface area contributed by atoms with Crippen molar-refractivity contribution >= 4 is 17.0 Å². The van der Waals surface area contributed by atoms with Crippen LogP contribution in [0.5, 0.6) is 5.75 Å². The van der Waals surface area contributed by atoms with Gasteiger partial charge in [-0.2, -0.15) is 0 Å². The third kappa shape index (κ3) is 2.56. The molecule has 1 aromatic heterocycles. The quantitative estimate of drug-likeness (QED) is 0.910. The van der Waals surface area contributed by atoms with E-state index in [4.69, 9.17) is 10.5 Å². The molecule has 0 saturated heterocycles. The number of hydrogen-bond acceptors (Lipinski definition) is 5. The smallest absolute Gasteiger partial charge is 0.202 e. The molecule has 114 valence electrons. The third-order valence-corrected chi connectivity index (χ3v) is 3.72. The van der Waals surface area contributed by atoms with E-state index in [-0.39, 0.29) is 6.10 Å². The third-order valence-electron chi connectivity index (χ3n) is 3.72. The zero-order valence-corrected chi connectivity index (χ0v) is 13.1. The summed E-state index contributed by atoms with van der Waals surface area (Å²) in [5, 5.41) is 0. The highest BCUT2D eigenvalue weighted by molar-refractivity contribution is 5.84. The highest BCUT2D eigenvalue weighted by Gasteiger charge is 2.27. The molecule has 0 bridgehead atoms. The summed E-state index contributed by atoms with van der Waals surface area (Å²) in [5.41, 5.74) is 9.37. The van der Waals surface area contributed by atoms with Gasteiger partial charge in [-0.3, -0.25) is 9.47 Å². The number of rotatable bonds is 4. The summed E-state index contributed by atoms with van der Waals surface area (Å²) in [4.78, 5) is 8.72. The van der Waals surface area contributed by atoms with Gasteiger partial charge in [0.25, 0.3) is 0 Å². The minimum Gasteiger partial charge on any atom is -0.488 e. The van der Waals surface area contributed by atoms with E-state index in [0.717, 1.165) is 36.4 Å². The van der Waals surface area contributed by atoms with Crippen LogP contribution in [-0.4, -0.2) is 60.2 Å². The van der Waals surface area contributed by atoms with Crippen molar-refractivity contribution in [3.8, 4) is 5.75 Å². The number of nitrogens with zero attached hydrogens (tertiary/aromatic N) is 4. The fourth-order valence-corrected chi connectivity index (χ4v) is 2.99. The van der Waals surface area contributed by atoms with Gasteiger partial charge in [0.15, 0.2) is 0 Å². The average Bonchev–Trinajstić information content (AvgIpc) is 2.89. The van der Waals surface area contributed by atoms with E-state index in [0.29, 0.717) is 5.95 Å². The Bertz CT molecular complexity index is 662. The molecule has 0 saturated carbocycles. The van der Waals surface area contributed by atoms with Crippen LogP contribution < -0.4 is 10.5 Å². The second-order valence-electron chi connectivity index (χ2n) is 6.24. The van der Waals surface area contributed by atoms with Crippen molar-refractivity contribution in [2.45, 2.75) is 19.2 Å². The number of benzene rings is 1. The molecule has 2 N–H and O–H groups in total. The maximum atomic E-state index is 6.09. The zero-order chi connectivity index (χ0) is 15.1. The number of ether oxygens (including phenoxy) is 1. The first kappa shape index (κ1) is 14.2. The van der Waals surface area contributed by atoms with Crippen LogP contribution >= 0.6 is 0 Å². The molecule has 6 heteroatoms. The topological polar surface area (TPSA) is 59.6 Å². The van der Waals surface area contributed by atoms with E-state index in [1.807, 2.05) is 26.2 Å². The summed E-state index contributed by atoms with van der Waals surface area (Å²) >= 11 is 0. The van der Waals surface area contributed by atoms with Crippen LogP contribution in [0.25, 0.3) is 11.0 Å². The Morgan fingerprint density at radius 3 is 2.71 bits per heavy atom. The summed E-state index contributed by atoms with van der Waals surface area (Å²) < 4.78 is 8.12. The molecular weight excluding hydrogens is 266 g/mol. The Balaban J connectivity index is 2.04. The maximum Gasteiger partial charge on any atom is 0.202 e. The number of imidazole rings is 1. The molecule has 21 heavy (non-hydrogen) atoms. The molecule has 0 aliphatic carbocycles. The van der Waals surface area contributed by atoms with E-state index >= 15 is 0 Å². The molecule has 0 amide bonds. The fraction of sp³-hybridized carbons (Fsp3) is 0.533. The lowest BCUT2D eigenvalue weighted by molar-refractivity contribution is 0.184. The van der Waals surface area contributed by atoms with Crippen LogP contribution in [0.3, 0.4) is 0 Å². The largest absolute Gasteiger partial charge is 0.488 e. The molecule has 2 heterocycles. The molecule has 2 aromatic rings. The van der Waals surface area contributed by atoms with Gasteiger partial charge in [-0.15, -0.1) is 0 Å². The van der Waals surface area contributed by atoms with Gasteiger partial charge in [0, 0.05) is 18.5 Å². The zero-order valence-electron chi connectivity index (χ0n) is 13.1. The first-order valence-corrected chi connectivity index (χ1v) is 7.19. The first-order valence-electron chi connectivity index (χ1n) is 7.19. The van der Waals surface area contributed by atoms with Crippen molar-refractivity contribution in [1.29, 1.82) is 0 Å². The molecule has 1 aliphatic heterocycles. The predicted molar refractivity (Wildman–Crippen MR) is 84.5 cm³/mol. The molecule has 1 atom stereocenters. The van der Waals surface area contributed by atoms with Crippen LogP contribution in [-0.2, 0) is 13.1 Å². The predicted octanol–water partition coefficient (Wildman–Crippen LogP) is 1.00. The van der Waals surface area contributed by atoms with Gasteiger partial charge < -0.3 is 15.4 Å². The van der Waals surface area contributed by atoms with Gasteiger partial charge in [0.05, 0.1) is 17.7 Å². The van der Waals surface area contributed by atoms with Gasteiger partial charge >= 0.3 is 0 Å². The van der Waals surface area contributed by atoms with Crippen LogP contribution in [0.2, 0.25) is 0 Å². The fourth-order valence-electron chi connectivity index (χ4n) is 2.99. The highest BCUT2D eigenvalue weighted by Crippen LogP contribution is 2.36. The van der Waals surface area contributed by atoms with Gasteiger partial charge in [-0.1, -0.05) is 0 Å². The van der Waals surface area contributed by atoms with Crippen molar-refractivity contribution in [1.82, 2.24) is 19.4 Å². The summed E-state index contributed by atoms with van der Waals surface area (Å²) in [5.74, 6) is 1.53. The van der Waals surface area contributed by atoms with Crippen LogP contribution in [0, 0.1) is 0 Å². The van der Waals surface area contributed by atoms with Gasteiger partial charge in [-0.25, -0.2) is 4.98 Å². The number of aromatic nitrogens is 2. The summed E-state index contributed by atoms with van der Waals surface area (Å²) in [6.45, 7) is 1.63. The summed E-state index contributed by atoms with van der Waals surface area (Å²) in [7, 11) is 8.19. The van der Waals surface area contributed by atoms with Crippen molar-refractivity contribution < 1.29 is 4.74 Å². The van der Waals surface area contributed by atoms with Crippen molar-refractivity contribution in [2.75, 3.05) is 40.5 Å². The summed E-state index contributed by atoms with van der Waals surface area (Å²) in [6, 6.07) is 4.01. The molecule has 1 aromatic carbocycles. The molecule has 0 spiro atoms. The minimum absolute atomic E-state index is 0.199. The Morgan fingerprint density at radius 2 is 2.05 bits per heavy atom. The second kappa shape index (κ2) is 5.20. The van der Waals surface area contributed by atoms with E-state index in [1.54, 1.807) is 0 Å². The standard InChI is InChI=1S/C15H23N5O/c1-18(2)8-10-7-11-13(21-10)6-5-12-14(11)20(9-19(3)4)15(16)17-12/h5-6,10H,7-9H2,1-4H3,(H2,16,17). The first-order chi connectivity index (χ1) is 9.95. The van der Waals surface area contributed by atoms with E-state index < -0.39 is 0 Å². The van der Waals surface area contributed by atoms with E-state index in [2.05, 4.69) is 33.4 Å². The lowest BCUT2D eigenvalue weighted by Crippen LogP contribution is -2.29. The molecule has 1 unspecified atom stereocenters. The van der Waals surface area contributed by atoms with E-state index in [9.17, 15) is 0 Å². The van der Waals surface area contributed by atoms with E-state index in [1.165, 1.54) is 5.56 Å². The number of fused-ring (bicyclic) bond motifs is 3. The Labute approximate surface area is 125 Å². The normalized spacial score (nSPS) is 17.7. The second-order valence-corrected chi connectivity index (χ2v) is 6.24. The number of hydrogen-bond donors (Lipinski definition) is 1. The number of likely N-dealkylation sites (N-methyl/N-ethyl adjacent to an activating group) is 1. The Hall–Kier alpha value is -1.79. The van der Waals surface area contributed by atoms with Crippen molar-refractivity contribution in [3.05, 3.63) is 17.7 Å². The lowest BCUT2D eigenvalue weighted by Gasteiger charge is -2.15. The molecule has 1 aliphatic rings. The van der Waals surface area contributed by atoms with Gasteiger partial charge in [0.2, 0.25) is 5.95 Å². The van der Waals surface area contributed by atoms with Crippen molar-refractivity contribution in [3.63, 3.8) is 0 Å². The van der Waals surface area contributed by atoms with Crippen LogP contribution in [0.15, 0.2) is 12.1 Å². The monoisotopic (exact) mass is 289 g/mol.